The average molecular weight is 288 g/mol. The smallest absolute Gasteiger partial charge is 0.400 e. The maximum Gasteiger partial charge on any atom is 0.487 e. The van der Waals surface area contributed by atoms with Crippen LogP contribution in [0.15, 0.2) is 24.3 Å². The third kappa shape index (κ3) is 3.86. The number of rotatable bonds is 4. The quantitative estimate of drug-likeness (QED) is 0.860. The highest BCUT2D eigenvalue weighted by Crippen LogP contribution is 2.36. The van der Waals surface area contributed by atoms with Gasteiger partial charge in [-0.05, 0) is 59.2 Å². The molecule has 2 heterocycles. The van der Waals surface area contributed by atoms with Crippen molar-refractivity contribution in [3.05, 3.63) is 29.9 Å². The van der Waals surface area contributed by atoms with Crippen molar-refractivity contribution in [3.8, 4) is 0 Å². The fraction of sp³-hybridized carbons (Fsp3) is 0.562. The Bertz CT molecular complexity index is 494. The summed E-state index contributed by atoms with van der Waals surface area (Å²) >= 11 is 0. The van der Waals surface area contributed by atoms with Gasteiger partial charge in [0, 0.05) is 12.2 Å². The Morgan fingerprint density at radius 1 is 1.14 bits per heavy atom. The van der Waals surface area contributed by atoms with Gasteiger partial charge < -0.3 is 14.6 Å². The van der Waals surface area contributed by atoms with Crippen molar-refractivity contribution in [2.45, 2.75) is 58.8 Å². The summed E-state index contributed by atoms with van der Waals surface area (Å²) in [5, 5.41) is 3.27. The molecule has 0 bridgehead atoms. The van der Waals surface area contributed by atoms with E-state index in [4.69, 9.17) is 9.31 Å². The van der Waals surface area contributed by atoms with Crippen LogP contribution in [0.2, 0.25) is 0 Å². The minimum Gasteiger partial charge on any atom is -0.400 e. The lowest BCUT2D eigenvalue weighted by molar-refractivity contribution is 0.00578. The summed E-state index contributed by atoms with van der Waals surface area (Å²) in [7, 11) is -0.316. The third-order valence-corrected chi connectivity index (χ3v) is 3.94. The Hall–Kier alpha value is -1.33. The lowest BCUT2D eigenvalue weighted by Gasteiger charge is -2.32. The Morgan fingerprint density at radius 3 is 2.24 bits per heavy atom. The van der Waals surface area contributed by atoms with Gasteiger partial charge in [-0.25, -0.2) is 4.98 Å². The lowest BCUT2D eigenvalue weighted by atomic mass is 9.89. The summed E-state index contributed by atoms with van der Waals surface area (Å²) in [6.07, 6.45) is 3.82. The predicted octanol–water partition coefficient (Wildman–Crippen LogP) is 3.55. The lowest BCUT2D eigenvalue weighted by Crippen LogP contribution is -2.41. The first-order valence-electron chi connectivity index (χ1n) is 7.46. The highest BCUT2D eigenvalue weighted by Gasteiger charge is 2.49. The average Bonchev–Trinajstić information content (AvgIpc) is 2.56. The van der Waals surface area contributed by atoms with Crippen LogP contribution in [-0.2, 0) is 9.31 Å². The van der Waals surface area contributed by atoms with Crippen molar-refractivity contribution in [3.63, 3.8) is 0 Å². The molecule has 1 N–H and O–H groups in total. The molecule has 0 aromatic carbocycles. The molecule has 0 spiro atoms. The molecule has 0 radical (unpaired) electrons. The topological polar surface area (TPSA) is 43.4 Å². The van der Waals surface area contributed by atoms with Crippen molar-refractivity contribution in [1.82, 2.24) is 4.98 Å². The molecular weight excluding hydrogens is 263 g/mol. The molecule has 2 rings (SSSR count). The monoisotopic (exact) mass is 288 g/mol. The highest BCUT2D eigenvalue weighted by atomic mass is 16.7. The van der Waals surface area contributed by atoms with Gasteiger partial charge in [-0.1, -0.05) is 12.1 Å². The second-order valence-electron chi connectivity index (χ2n) is 6.76. The number of aromatic nitrogens is 1. The van der Waals surface area contributed by atoms with Gasteiger partial charge in [0.1, 0.15) is 5.82 Å². The predicted molar refractivity (Wildman–Crippen MR) is 88.1 cm³/mol. The summed E-state index contributed by atoms with van der Waals surface area (Å²) in [5.41, 5.74) is 0.426. The second-order valence-corrected chi connectivity index (χ2v) is 6.76. The fourth-order valence-corrected chi connectivity index (χ4v) is 2.04. The summed E-state index contributed by atoms with van der Waals surface area (Å²) in [6.45, 7) is 12.4. The van der Waals surface area contributed by atoms with Gasteiger partial charge in [-0.2, -0.15) is 0 Å². The molecule has 0 saturated carbocycles. The zero-order valence-electron chi connectivity index (χ0n) is 13.8. The number of hydrogen-bond acceptors (Lipinski definition) is 4. The molecule has 1 saturated heterocycles. The molecule has 1 aliphatic heterocycles. The number of pyridine rings is 1. The van der Waals surface area contributed by atoms with Crippen LogP contribution in [0.4, 0.5) is 5.82 Å². The van der Waals surface area contributed by atoms with Crippen LogP contribution in [0.3, 0.4) is 0 Å². The van der Waals surface area contributed by atoms with Gasteiger partial charge >= 0.3 is 7.12 Å². The maximum absolute atomic E-state index is 5.92. The van der Waals surface area contributed by atoms with Gasteiger partial charge in [-0.15, -0.1) is 0 Å². The normalized spacial score (nSPS) is 20.4. The van der Waals surface area contributed by atoms with Gasteiger partial charge in [0.15, 0.2) is 0 Å². The number of hydrogen-bond donors (Lipinski definition) is 1. The zero-order chi connectivity index (χ0) is 15.7. The van der Waals surface area contributed by atoms with Crippen molar-refractivity contribution < 1.29 is 9.31 Å². The minimum absolute atomic E-state index is 0.300. The Kier molecular flexibility index (Phi) is 4.44. The van der Waals surface area contributed by atoms with Crippen molar-refractivity contribution in [1.29, 1.82) is 0 Å². The molecule has 1 aliphatic rings. The first-order valence-corrected chi connectivity index (χ1v) is 7.46. The van der Waals surface area contributed by atoms with Gasteiger partial charge in [0.2, 0.25) is 0 Å². The van der Waals surface area contributed by atoms with E-state index in [-0.39, 0.29) is 18.3 Å². The maximum atomic E-state index is 5.92. The molecular formula is C16H25BN2O2. The molecule has 0 atom stereocenters. The first-order chi connectivity index (χ1) is 9.69. The molecule has 114 valence electrons. The van der Waals surface area contributed by atoms with E-state index in [0.29, 0.717) is 6.04 Å². The van der Waals surface area contributed by atoms with Gasteiger partial charge in [0.05, 0.1) is 11.2 Å². The summed E-state index contributed by atoms with van der Waals surface area (Å²) < 4.78 is 11.8. The van der Waals surface area contributed by atoms with Crippen molar-refractivity contribution in [2.75, 3.05) is 5.32 Å². The van der Waals surface area contributed by atoms with E-state index in [1.807, 2.05) is 30.4 Å². The molecule has 1 fully saturated rings. The molecule has 0 aliphatic carbocycles. The summed E-state index contributed by atoms with van der Waals surface area (Å²) in [4.78, 5) is 4.38. The van der Waals surface area contributed by atoms with Crippen LogP contribution >= 0.6 is 0 Å². The molecule has 0 unspecified atom stereocenters. The molecule has 21 heavy (non-hydrogen) atoms. The van der Waals surface area contributed by atoms with Crippen LogP contribution < -0.4 is 5.32 Å². The van der Waals surface area contributed by atoms with E-state index in [9.17, 15) is 0 Å². The molecule has 0 amide bonds. The molecule has 4 nitrogen and oxygen atoms in total. The molecule has 1 aromatic heterocycles. The number of anilines is 1. The third-order valence-electron chi connectivity index (χ3n) is 3.94. The number of nitrogens with one attached hydrogen (secondary N) is 1. The second kappa shape index (κ2) is 5.81. The van der Waals surface area contributed by atoms with E-state index in [1.165, 1.54) is 0 Å². The standard InChI is InChI=1S/C16H25BN2O2/c1-12(2)19-14-8-7-13(11-18-14)9-10-17-20-15(3,4)16(5,6)21-17/h7-12H,1-6H3,(H,18,19)/b10-9+. The zero-order valence-corrected chi connectivity index (χ0v) is 13.8. The van der Waals surface area contributed by atoms with Gasteiger partial charge in [0.25, 0.3) is 0 Å². The van der Waals surface area contributed by atoms with E-state index >= 15 is 0 Å². The van der Waals surface area contributed by atoms with E-state index in [1.54, 1.807) is 0 Å². The van der Waals surface area contributed by atoms with Crippen LogP contribution in [0.25, 0.3) is 6.08 Å². The SMILES string of the molecule is CC(C)Nc1ccc(/C=C/B2OC(C)(C)C(C)(C)O2)cn1. The largest absolute Gasteiger partial charge is 0.487 e. The van der Waals surface area contributed by atoms with Crippen LogP contribution in [-0.4, -0.2) is 29.3 Å². The van der Waals surface area contributed by atoms with Crippen LogP contribution in [0.1, 0.15) is 47.1 Å². The van der Waals surface area contributed by atoms with Crippen molar-refractivity contribution >= 4 is 19.0 Å². The van der Waals surface area contributed by atoms with Crippen LogP contribution in [0, 0.1) is 0 Å². The highest BCUT2D eigenvalue weighted by molar-refractivity contribution is 6.52. The Morgan fingerprint density at radius 2 is 1.76 bits per heavy atom. The van der Waals surface area contributed by atoms with E-state index in [2.05, 4.69) is 51.8 Å². The van der Waals surface area contributed by atoms with E-state index < -0.39 is 0 Å². The van der Waals surface area contributed by atoms with Crippen molar-refractivity contribution in [2.24, 2.45) is 0 Å². The number of nitrogens with zero attached hydrogens (tertiary/aromatic N) is 1. The summed E-state index contributed by atoms with van der Waals surface area (Å²) in [5.74, 6) is 2.82. The first kappa shape index (κ1) is 16.1. The molecule has 1 aromatic rings. The minimum atomic E-state index is -0.316. The van der Waals surface area contributed by atoms with Crippen LogP contribution in [0.5, 0.6) is 0 Å². The Balaban J connectivity index is 1.99. The van der Waals surface area contributed by atoms with Gasteiger partial charge in [-0.3, -0.25) is 0 Å². The van der Waals surface area contributed by atoms with E-state index in [0.717, 1.165) is 11.4 Å². The summed E-state index contributed by atoms with van der Waals surface area (Å²) in [6, 6.07) is 4.38. The Labute approximate surface area is 128 Å². The fourth-order valence-electron chi connectivity index (χ4n) is 2.04. The molecule has 5 heteroatoms.